The first-order valence-electron chi connectivity index (χ1n) is 10.0. The molecule has 2 rings (SSSR count). The molecule has 4 nitrogen and oxygen atoms in total. The zero-order chi connectivity index (χ0) is 19.3. The standard InChI is InChI=1S/C22H31FN2O2/c1-3-5-6-7-8-9-14-26-21-15-24-22(25-16-21)18-10-12-20(13-11-18)27-17-19(23)4-2/h10-13,15-16,19H,3-9,14,17H2,1-2H3/t19-/m1/s1. The summed E-state index contributed by atoms with van der Waals surface area (Å²) in [5.74, 6) is 1.97. The average Bonchev–Trinajstić information content (AvgIpc) is 2.72. The van der Waals surface area contributed by atoms with Crippen molar-refractivity contribution in [3.8, 4) is 22.9 Å². The van der Waals surface area contributed by atoms with Crippen molar-refractivity contribution in [2.75, 3.05) is 13.2 Å². The van der Waals surface area contributed by atoms with Gasteiger partial charge in [0.05, 0.1) is 19.0 Å². The number of unbranched alkanes of at least 4 members (excludes halogenated alkanes) is 5. The Hall–Kier alpha value is -2.17. The maximum absolute atomic E-state index is 13.2. The summed E-state index contributed by atoms with van der Waals surface area (Å²) in [5.41, 5.74) is 0.886. The summed E-state index contributed by atoms with van der Waals surface area (Å²) in [7, 11) is 0. The van der Waals surface area contributed by atoms with Gasteiger partial charge in [0.1, 0.15) is 18.5 Å². The molecule has 0 aliphatic carbocycles. The summed E-state index contributed by atoms with van der Waals surface area (Å²) in [4.78, 5) is 8.74. The van der Waals surface area contributed by atoms with E-state index in [2.05, 4.69) is 16.9 Å². The van der Waals surface area contributed by atoms with Gasteiger partial charge in [-0.3, -0.25) is 0 Å². The highest BCUT2D eigenvalue weighted by Gasteiger charge is 2.06. The molecule has 0 fully saturated rings. The third kappa shape index (κ3) is 7.94. The summed E-state index contributed by atoms with van der Waals surface area (Å²) in [6.45, 7) is 4.81. The number of benzene rings is 1. The van der Waals surface area contributed by atoms with E-state index in [1.165, 1.54) is 32.1 Å². The highest BCUT2D eigenvalue weighted by molar-refractivity contribution is 5.56. The van der Waals surface area contributed by atoms with E-state index in [4.69, 9.17) is 9.47 Å². The second-order valence-corrected chi connectivity index (χ2v) is 6.70. The van der Waals surface area contributed by atoms with E-state index in [-0.39, 0.29) is 6.61 Å². The van der Waals surface area contributed by atoms with Crippen LogP contribution in [0.25, 0.3) is 11.4 Å². The highest BCUT2D eigenvalue weighted by atomic mass is 19.1. The molecule has 0 saturated heterocycles. The zero-order valence-corrected chi connectivity index (χ0v) is 16.5. The van der Waals surface area contributed by atoms with Crippen LogP contribution in [0.1, 0.15) is 58.8 Å². The lowest BCUT2D eigenvalue weighted by Crippen LogP contribution is -2.11. The second-order valence-electron chi connectivity index (χ2n) is 6.70. The smallest absolute Gasteiger partial charge is 0.159 e. The fraction of sp³-hybridized carbons (Fsp3) is 0.545. The van der Waals surface area contributed by atoms with Crippen LogP contribution in [0, 0.1) is 0 Å². The largest absolute Gasteiger partial charge is 0.491 e. The van der Waals surface area contributed by atoms with E-state index < -0.39 is 6.17 Å². The van der Waals surface area contributed by atoms with Crippen LogP contribution < -0.4 is 9.47 Å². The van der Waals surface area contributed by atoms with Gasteiger partial charge < -0.3 is 9.47 Å². The molecule has 0 bridgehead atoms. The number of rotatable bonds is 13. The number of aromatic nitrogens is 2. The maximum Gasteiger partial charge on any atom is 0.159 e. The Bertz CT molecular complexity index is 632. The maximum atomic E-state index is 13.2. The molecule has 2 aromatic rings. The van der Waals surface area contributed by atoms with Crippen molar-refractivity contribution in [3.63, 3.8) is 0 Å². The molecule has 1 atom stereocenters. The molecule has 1 heterocycles. The summed E-state index contributed by atoms with van der Waals surface area (Å²) in [6.07, 6.45) is 10.4. The van der Waals surface area contributed by atoms with E-state index in [0.717, 1.165) is 12.0 Å². The van der Waals surface area contributed by atoms with Crippen molar-refractivity contribution >= 4 is 0 Å². The molecule has 0 N–H and O–H groups in total. The van der Waals surface area contributed by atoms with Crippen molar-refractivity contribution in [3.05, 3.63) is 36.7 Å². The molecule has 0 radical (unpaired) electrons. The van der Waals surface area contributed by atoms with Gasteiger partial charge in [0.15, 0.2) is 11.6 Å². The van der Waals surface area contributed by atoms with Crippen molar-refractivity contribution in [1.29, 1.82) is 0 Å². The fourth-order valence-electron chi connectivity index (χ4n) is 2.62. The zero-order valence-electron chi connectivity index (χ0n) is 16.5. The fourth-order valence-corrected chi connectivity index (χ4v) is 2.62. The molecular weight excluding hydrogens is 343 g/mol. The van der Waals surface area contributed by atoms with Crippen LogP contribution in [0.4, 0.5) is 4.39 Å². The van der Waals surface area contributed by atoms with Crippen molar-refractivity contribution in [2.45, 2.75) is 65.0 Å². The number of hydrogen-bond donors (Lipinski definition) is 0. The van der Waals surface area contributed by atoms with Crippen molar-refractivity contribution in [1.82, 2.24) is 9.97 Å². The minimum atomic E-state index is -0.933. The van der Waals surface area contributed by atoms with E-state index in [9.17, 15) is 4.39 Å². The van der Waals surface area contributed by atoms with Crippen LogP contribution in [-0.4, -0.2) is 29.4 Å². The van der Waals surface area contributed by atoms with Gasteiger partial charge in [-0.05, 0) is 37.1 Å². The first kappa shape index (κ1) is 21.1. The Labute approximate surface area is 162 Å². The monoisotopic (exact) mass is 374 g/mol. The Kier molecular flexibility index (Phi) is 9.60. The summed E-state index contributed by atoms with van der Waals surface area (Å²) >= 11 is 0. The van der Waals surface area contributed by atoms with Gasteiger partial charge in [0.2, 0.25) is 0 Å². The molecule has 148 valence electrons. The number of nitrogens with zero attached hydrogens (tertiary/aromatic N) is 2. The molecular formula is C22H31FN2O2. The normalized spacial score (nSPS) is 12.0. The van der Waals surface area contributed by atoms with Crippen LogP contribution >= 0.6 is 0 Å². The second kappa shape index (κ2) is 12.3. The lowest BCUT2D eigenvalue weighted by Gasteiger charge is -2.09. The lowest BCUT2D eigenvalue weighted by atomic mass is 10.1. The molecule has 0 saturated carbocycles. The summed E-state index contributed by atoms with van der Waals surface area (Å²) in [5, 5.41) is 0. The van der Waals surface area contributed by atoms with E-state index >= 15 is 0 Å². The van der Waals surface area contributed by atoms with Crippen LogP contribution in [0.3, 0.4) is 0 Å². The number of ether oxygens (including phenoxy) is 2. The number of halogens is 1. The van der Waals surface area contributed by atoms with Gasteiger partial charge in [-0.25, -0.2) is 14.4 Å². The predicted molar refractivity (Wildman–Crippen MR) is 107 cm³/mol. The van der Waals surface area contributed by atoms with E-state index in [0.29, 0.717) is 30.4 Å². The Balaban J connectivity index is 1.75. The number of alkyl halides is 1. The van der Waals surface area contributed by atoms with E-state index in [1.807, 2.05) is 24.3 Å². The quantitative estimate of drug-likeness (QED) is 0.403. The highest BCUT2D eigenvalue weighted by Crippen LogP contribution is 2.21. The molecule has 0 amide bonds. The van der Waals surface area contributed by atoms with Crippen molar-refractivity contribution < 1.29 is 13.9 Å². The van der Waals surface area contributed by atoms with Crippen LogP contribution in [0.15, 0.2) is 36.7 Å². The van der Waals surface area contributed by atoms with Crippen LogP contribution in [0.2, 0.25) is 0 Å². The lowest BCUT2D eigenvalue weighted by molar-refractivity contribution is 0.192. The first-order valence-corrected chi connectivity index (χ1v) is 10.0. The van der Waals surface area contributed by atoms with Gasteiger partial charge >= 0.3 is 0 Å². The summed E-state index contributed by atoms with van der Waals surface area (Å²) in [6, 6.07) is 7.37. The summed E-state index contributed by atoms with van der Waals surface area (Å²) < 4.78 is 24.3. The Morgan fingerprint density at radius 3 is 2.19 bits per heavy atom. The third-order valence-electron chi connectivity index (χ3n) is 4.38. The number of hydrogen-bond acceptors (Lipinski definition) is 4. The Morgan fingerprint density at radius 2 is 1.52 bits per heavy atom. The third-order valence-corrected chi connectivity index (χ3v) is 4.38. The molecule has 5 heteroatoms. The molecule has 1 aromatic carbocycles. The minimum absolute atomic E-state index is 0.0803. The van der Waals surface area contributed by atoms with Crippen LogP contribution in [0.5, 0.6) is 11.5 Å². The van der Waals surface area contributed by atoms with Gasteiger partial charge in [-0.2, -0.15) is 0 Å². The van der Waals surface area contributed by atoms with Gasteiger partial charge in [0, 0.05) is 5.56 Å². The van der Waals surface area contributed by atoms with Gasteiger partial charge in [-0.1, -0.05) is 46.0 Å². The average molecular weight is 375 g/mol. The van der Waals surface area contributed by atoms with Gasteiger partial charge in [-0.15, -0.1) is 0 Å². The molecule has 0 aliphatic heterocycles. The predicted octanol–water partition coefficient (Wildman–Crippen LogP) is 6.01. The topological polar surface area (TPSA) is 44.2 Å². The van der Waals surface area contributed by atoms with Crippen molar-refractivity contribution in [2.24, 2.45) is 0 Å². The Morgan fingerprint density at radius 1 is 0.852 bits per heavy atom. The van der Waals surface area contributed by atoms with Gasteiger partial charge in [0.25, 0.3) is 0 Å². The van der Waals surface area contributed by atoms with E-state index in [1.54, 1.807) is 19.3 Å². The molecule has 0 spiro atoms. The molecule has 27 heavy (non-hydrogen) atoms. The molecule has 0 unspecified atom stereocenters. The minimum Gasteiger partial charge on any atom is -0.491 e. The first-order chi connectivity index (χ1) is 13.2. The molecule has 1 aromatic heterocycles. The SMILES string of the molecule is CCCCCCCCOc1cnc(-c2ccc(OC[C@H](F)CC)cc2)nc1. The van der Waals surface area contributed by atoms with Crippen LogP contribution in [-0.2, 0) is 0 Å². The molecule has 0 aliphatic rings.